The number of rotatable bonds is 1. The molecule has 0 aliphatic heterocycles. The number of aromatic nitrogens is 2. The molecule has 1 aliphatic rings. The molecule has 0 unspecified atom stereocenters. The molecule has 100 valence electrons. The van der Waals surface area contributed by atoms with Gasteiger partial charge in [-0.2, -0.15) is 0 Å². The van der Waals surface area contributed by atoms with Crippen LogP contribution < -0.4 is 5.73 Å². The molecule has 1 aliphatic carbocycles. The second-order valence-electron chi connectivity index (χ2n) is 5.55. The monoisotopic (exact) mass is 263 g/mol. The fraction of sp³-hybridized carbons (Fsp3) is 0.235. The number of fused-ring (bicyclic) bond motifs is 2. The van der Waals surface area contributed by atoms with Crippen molar-refractivity contribution in [2.75, 3.05) is 5.73 Å². The first-order chi connectivity index (χ1) is 9.74. The van der Waals surface area contributed by atoms with Gasteiger partial charge in [-0.3, -0.25) is 4.57 Å². The number of nitrogen functional groups attached to an aromatic ring is 1. The minimum Gasteiger partial charge on any atom is -0.369 e. The summed E-state index contributed by atoms with van der Waals surface area (Å²) in [5.74, 6) is 0.562. The second kappa shape index (κ2) is 4.10. The first kappa shape index (κ1) is 11.5. The molecule has 1 heterocycles. The van der Waals surface area contributed by atoms with Crippen molar-refractivity contribution in [2.45, 2.75) is 26.2 Å². The zero-order valence-corrected chi connectivity index (χ0v) is 11.6. The van der Waals surface area contributed by atoms with Crippen LogP contribution in [0.25, 0.3) is 16.7 Å². The van der Waals surface area contributed by atoms with E-state index < -0.39 is 0 Å². The third-order valence-electron chi connectivity index (χ3n) is 4.25. The molecule has 0 bridgehead atoms. The summed E-state index contributed by atoms with van der Waals surface area (Å²) in [5.41, 5.74) is 13.4. The summed E-state index contributed by atoms with van der Waals surface area (Å²) in [6.07, 6.45) is 3.64. The maximum Gasteiger partial charge on any atom is 0.205 e. The van der Waals surface area contributed by atoms with Crippen molar-refractivity contribution in [3.05, 3.63) is 53.1 Å². The third-order valence-corrected chi connectivity index (χ3v) is 4.25. The predicted octanol–water partition coefficient (Wildman–Crippen LogP) is 3.40. The highest BCUT2D eigenvalue weighted by Gasteiger charge is 2.15. The fourth-order valence-corrected chi connectivity index (χ4v) is 3.23. The Morgan fingerprint density at radius 1 is 1.10 bits per heavy atom. The molecule has 3 aromatic rings. The highest BCUT2D eigenvalue weighted by Crippen LogP contribution is 2.29. The van der Waals surface area contributed by atoms with Gasteiger partial charge in [-0.25, -0.2) is 4.98 Å². The first-order valence-corrected chi connectivity index (χ1v) is 7.10. The zero-order chi connectivity index (χ0) is 13.7. The van der Waals surface area contributed by atoms with Gasteiger partial charge in [-0.15, -0.1) is 0 Å². The Balaban J connectivity index is 1.98. The van der Waals surface area contributed by atoms with Gasteiger partial charge in [0.2, 0.25) is 5.95 Å². The Labute approximate surface area is 118 Å². The molecule has 2 aromatic carbocycles. The van der Waals surface area contributed by atoms with Crippen molar-refractivity contribution >= 4 is 17.0 Å². The Morgan fingerprint density at radius 2 is 1.95 bits per heavy atom. The van der Waals surface area contributed by atoms with E-state index in [9.17, 15) is 0 Å². The molecule has 0 radical (unpaired) electrons. The summed E-state index contributed by atoms with van der Waals surface area (Å²) in [7, 11) is 0. The number of nitrogens with two attached hydrogens (primary N) is 1. The largest absolute Gasteiger partial charge is 0.369 e. The molecule has 3 heteroatoms. The SMILES string of the molecule is Cc1cccc2c1nc(N)n2-c1ccc2c(c1)CCC2. The lowest BCUT2D eigenvalue weighted by atomic mass is 10.1. The number of hydrogen-bond acceptors (Lipinski definition) is 2. The Bertz CT molecular complexity index is 814. The number of para-hydroxylation sites is 1. The minimum absolute atomic E-state index is 0.562. The summed E-state index contributed by atoms with van der Waals surface area (Å²) in [6.45, 7) is 2.07. The number of imidazole rings is 1. The Morgan fingerprint density at radius 3 is 2.85 bits per heavy atom. The molecular weight excluding hydrogens is 246 g/mol. The van der Waals surface area contributed by atoms with Gasteiger partial charge in [0.25, 0.3) is 0 Å². The van der Waals surface area contributed by atoms with Crippen LogP contribution in [0, 0.1) is 6.92 Å². The Hall–Kier alpha value is -2.29. The standard InChI is InChI=1S/C17H17N3/c1-11-4-2-7-15-16(11)19-17(18)20(15)14-9-8-12-5-3-6-13(12)10-14/h2,4,7-10H,3,5-6H2,1H3,(H2,18,19). The number of nitrogens with zero attached hydrogens (tertiary/aromatic N) is 2. The number of benzene rings is 2. The van der Waals surface area contributed by atoms with Crippen LogP contribution >= 0.6 is 0 Å². The smallest absolute Gasteiger partial charge is 0.205 e. The normalized spacial score (nSPS) is 13.8. The minimum atomic E-state index is 0.562. The van der Waals surface area contributed by atoms with Crippen LogP contribution in [0.1, 0.15) is 23.1 Å². The van der Waals surface area contributed by atoms with Crippen molar-refractivity contribution < 1.29 is 0 Å². The van der Waals surface area contributed by atoms with Crippen molar-refractivity contribution in [1.82, 2.24) is 9.55 Å². The summed E-state index contributed by atoms with van der Waals surface area (Å²) >= 11 is 0. The van der Waals surface area contributed by atoms with Crippen molar-refractivity contribution in [2.24, 2.45) is 0 Å². The van der Waals surface area contributed by atoms with Crippen molar-refractivity contribution in [3.8, 4) is 5.69 Å². The van der Waals surface area contributed by atoms with Crippen LogP contribution in [0.4, 0.5) is 5.95 Å². The average molecular weight is 263 g/mol. The van der Waals surface area contributed by atoms with Crippen LogP contribution in [0.5, 0.6) is 0 Å². The molecule has 0 amide bonds. The van der Waals surface area contributed by atoms with E-state index >= 15 is 0 Å². The summed E-state index contributed by atoms with van der Waals surface area (Å²) in [4.78, 5) is 4.52. The van der Waals surface area contributed by atoms with Gasteiger partial charge in [0.15, 0.2) is 0 Å². The van der Waals surface area contributed by atoms with Gasteiger partial charge in [-0.1, -0.05) is 18.2 Å². The van der Waals surface area contributed by atoms with Crippen molar-refractivity contribution in [1.29, 1.82) is 0 Å². The molecule has 0 saturated heterocycles. The molecule has 0 fully saturated rings. The number of hydrogen-bond donors (Lipinski definition) is 1. The molecular formula is C17H17N3. The molecule has 20 heavy (non-hydrogen) atoms. The average Bonchev–Trinajstić information content (AvgIpc) is 3.02. The second-order valence-corrected chi connectivity index (χ2v) is 5.55. The summed E-state index contributed by atoms with van der Waals surface area (Å²) in [5, 5.41) is 0. The molecule has 0 atom stereocenters. The van der Waals surface area contributed by atoms with E-state index in [4.69, 9.17) is 5.73 Å². The zero-order valence-electron chi connectivity index (χ0n) is 11.6. The fourth-order valence-electron chi connectivity index (χ4n) is 3.23. The van der Waals surface area contributed by atoms with Crippen LogP contribution in [-0.4, -0.2) is 9.55 Å². The van der Waals surface area contributed by atoms with E-state index in [1.165, 1.54) is 30.4 Å². The van der Waals surface area contributed by atoms with E-state index in [1.807, 2.05) is 0 Å². The lowest BCUT2D eigenvalue weighted by Crippen LogP contribution is -2.01. The lowest BCUT2D eigenvalue weighted by Gasteiger charge is -2.09. The van der Waals surface area contributed by atoms with E-state index in [-0.39, 0.29) is 0 Å². The van der Waals surface area contributed by atoms with E-state index in [2.05, 4.69) is 52.9 Å². The van der Waals surface area contributed by atoms with E-state index in [0.29, 0.717) is 5.95 Å². The highest BCUT2D eigenvalue weighted by molar-refractivity contribution is 5.83. The maximum atomic E-state index is 6.15. The van der Waals surface area contributed by atoms with Gasteiger partial charge in [0.05, 0.1) is 11.0 Å². The number of anilines is 1. The topological polar surface area (TPSA) is 43.8 Å². The van der Waals surface area contributed by atoms with Gasteiger partial charge in [0, 0.05) is 5.69 Å². The molecule has 2 N–H and O–H groups in total. The molecule has 3 nitrogen and oxygen atoms in total. The maximum absolute atomic E-state index is 6.15. The molecule has 0 saturated carbocycles. The molecule has 4 rings (SSSR count). The summed E-state index contributed by atoms with van der Waals surface area (Å²) < 4.78 is 2.06. The van der Waals surface area contributed by atoms with Gasteiger partial charge in [-0.05, 0) is 61.1 Å². The van der Waals surface area contributed by atoms with Crippen LogP contribution in [0.3, 0.4) is 0 Å². The van der Waals surface area contributed by atoms with E-state index in [0.717, 1.165) is 22.3 Å². The van der Waals surface area contributed by atoms with Crippen molar-refractivity contribution in [3.63, 3.8) is 0 Å². The highest BCUT2D eigenvalue weighted by atomic mass is 15.2. The van der Waals surface area contributed by atoms with Crippen LogP contribution in [0.15, 0.2) is 36.4 Å². The molecule has 1 aromatic heterocycles. The van der Waals surface area contributed by atoms with Crippen LogP contribution in [-0.2, 0) is 12.8 Å². The van der Waals surface area contributed by atoms with E-state index in [1.54, 1.807) is 0 Å². The summed E-state index contributed by atoms with van der Waals surface area (Å²) in [6, 6.07) is 12.9. The van der Waals surface area contributed by atoms with Gasteiger partial charge < -0.3 is 5.73 Å². The van der Waals surface area contributed by atoms with Gasteiger partial charge >= 0.3 is 0 Å². The van der Waals surface area contributed by atoms with Crippen LogP contribution in [0.2, 0.25) is 0 Å². The predicted molar refractivity (Wildman–Crippen MR) is 82.2 cm³/mol. The Kier molecular flexibility index (Phi) is 2.36. The first-order valence-electron chi connectivity index (χ1n) is 7.10. The lowest BCUT2D eigenvalue weighted by molar-refractivity contribution is 0.911. The molecule has 0 spiro atoms. The quantitative estimate of drug-likeness (QED) is 0.731. The number of aryl methyl sites for hydroxylation is 3. The third kappa shape index (κ3) is 1.56. The van der Waals surface area contributed by atoms with Gasteiger partial charge in [0.1, 0.15) is 0 Å².